The zero-order valence-electron chi connectivity index (χ0n) is 11.1. The van der Waals surface area contributed by atoms with E-state index in [1.54, 1.807) is 30.5 Å². The van der Waals surface area contributed by atoms with Crippen LogP contribution in [0, 0.1) is 5.82 Å². The minimum Gasteiger partial charge on any atom is -0.334 e. The summed E-state index contributed by atoms with van der Waals surface area (Å²) in [6, 6.07) is 13.6. The summed E-state index contributed by atoms with van der Waals surface area (Å²) < 4.78 is 14.4. The Balaban J connectivity index is 1.80. The van der Waals surface area contributed by atoms with Gasteiger partial charge in [-0.05, 0) is 29.8 Å². The number of amides is 2. The third-order valence-corrected chi connectivity index (χ3v) is 3.29. The Morgan fingerprint density at radius 1 is 1.14 bits per heavy atom. The molecule has 0 saturated carbocycles. The molecule has 108 valence electrons. The van der Waals surface area contributed by atoms with Crippen LogP contribution < -0.4 is 10.6 Å². The molecule has 0 heterocycles. The molecule has 0 aliphatic carbocycles. The lowest BCUT2D eigenvalue weighted by Gasteiger charge is -2.05. The van der Waals surface area contributed by atoms with Gasteiger partial charge in [0.25, 0.3) is 0 Å². The Labute approximate surface area is 131 Å². The van der Waals surface area contributed by atoms with Crippen molar-refractivity contribution in [1.29, 1.82) is 0 Å². The van der Waals surface area contributed by atoms with Crippen molar-refractivity contribution in [3.63, 3.8) is 0 Å². The third-order valence-electron chi connectivity index (χ3n) is 2.76. The molecule has 0 aromatic heterocycles. The largest absolute Gasteiger partial charge is 0.334 e. The Kier molecular flexibility index (Phi) is 5.51. The average molecular weight is 349 g/mol. The molecule has 0 aliphatic heterocycles. The summed E-state index contributed by atoms with van der Waals surface area (Å²) in [6.07, 6.45) is 3.31. The molecule has 0 atom stereocenters. The van der Waals surface area contributed by atoms with E-state index >= 15 is 0 Å². The minimum absolute atomic E-state index is 0.143. The maximum atomic E-state index is 13.4. The summed E-state index contributed by atoms with van der Waals surface area (Å²) in [5, 5.41) is 5.16. The second kappa shape index (κ2) is 7.59. The fourth-order valence-electron chi connectivity index (χ4n) is 1.66. The van der Waals surface area contributed by atoms with Crippen molar-refractivity contribution < 1.29 is 9.18 Å². The molecule has 2 rings (SSSR count). The van der Waals surface area contributed by atoms with Crippen molar-refractivity contribution in [2.45, 2.75) is 6.54 Å². The predicted molar refractivity (Wildman–Crippen MR) is 84.9 cm³/mol. The van der Waals surface area contributed by atoms with Gasteiger partial charge in [0.2, 0.25) is 0 Å². The lowest BCUT2D eigenvalue weighted by Crippen LogP contribution is -2.31. The van der Waals surface area contributed by atoms with E-state index in [2.05, 4.69) is 26.6 Å². The van der Waals surface area contributed by atoms with E-state index in [1.807, 2.05) is 24.3 Å². The number of halogens is 2. The van der Waals surface area contributed by atoms with Gasteiger partial charge in [-0.25, -0.2) is 9.18 Å². The molecular formula is C16H14BrFN2O. The Bertz CT molecular complexity index is 641. The van der Waals surface area contributed by atoms with Gasteiger partial charge in [0.1, 0.15) is 5.82 Å². The lowest BCUT2D eigenvalue weighted by atomic mass is 10.2. The van der Waals surface area contributed by atoms with Crippen LogP contribution in [-0.4, -0.2) is 6.03 Å². The van der Waals surface area contributed by atoms with Crippen molar-refractivity contribution in [3.8, 4) is 0 Å². The Hall–Kier alpha value is -2.14. The first-order valence-corrected chi connectivity index (χ1v) is 7.14. The standard InChI is InChI=1S/C16H14BrFN2O/c17-14-7-5-12(6-8-14)9-10-19-16(21)20-11-13-3-1-2-4-15(13)18/h1-10H,11H2,(H2,19,20,21)/b10-9+. The van der Waals surface area contributed by atoms with Crippen LogP contribution in [0.5, 0.6) is 0 Å². The second-order valence-corrected chi connectivity index (χ2v) is 5.22. The first-order valence-electron chi connectivity index (χ1n) is 6.35. The highest BCUT2D eigenvalue weighted by Crippen LogP contribution is 2.11. The first-order chi connectivity index (χ1) is 10.1. The number of carbonyl (C=O) groups is 1. The van der Waals surface area contributed by atoms with Gasteiger partial charge in [0.15, 0.2) is 0 Å². The van der Waals surface area contributed by atoms with Crippen molar-refractivity contribution >= 4 is 28.0 Å². The van der Waals surface area contributed by atoms with Gasteiger partial charge in [0, 0.05) is 22.8 Å². The van der Waals surface area contributed by atoms with Crippen LogP contribution in [-0.2, 0) is 6.54 Å². The number of rotatable bonds is 4. The highest BCUT2D eigenvalue weighted by molar-refractivity contribution is 9.10. The highest BCUT2D eigenvalue weighted by Gasteiger charge is 2.02. The monoisotopic (exact) mass is 348 g/mol. The Morgan fingerprint density at radius 3 is 2.57 bits per heavy atom. The van der Waals surface area contributed by atoms with E-state index < -0.39 is 0 Å². The molecule has 21 heavy (non-hydrogen) atoms. The van der Waals surface area contributed by atoms with Gasteiger partial charge in [-0.3, -0.25) is 0 Å². The molecule has 2 aromatic rings. The van der Waals surface area contributed by atoms with E-state index in [0.29, 0.717) is 5.56 Å². The number of hydrogen-bond donors (Lipinski definition) is 2. The summed E-state index contributed by atoms with van der Waals surface area (Å²) in [7, 11) is 0. The number of benzene rings is 2. The molecule has 0 aliphatic rings. The lowest BCUT2D eigenvalue weighted by molar-refractivity contribution is 0.243. The minimum atomic E-state index is -0.383. The zero-order chi connectivity index (χ0) is 15.1. The number of hydrogen-bond acceptors (Lipinski definition) is 1. The Morgan fingerprint density at radius 2 is 1.86 bits per heavy atom. The van der Waals surface area contributed by atoms with Gasteiger partial charge in [-0.1, -0.05) is 46.3 Å². The van der Waals surface area contributed by atoms with E-state index in [4.69, 9.17) is 0 Å². The van der Waals surface area contributed by atoms with Crippen LogP contribution in [0.25, 0.3) is 6.08 Å². The summed E-state index contributed by atoms with van der Waals surface area (Å²) in [6.45, 7) is 0.143. The fourth-order valence-corrected chi connectivity index (χ4v) is 1.92. The van der Waals surface area contributed by atoms with Crippen LogP contribution in [0.2, 0.25) is 0 Å². The number of carbonyl (C=O) groups excluding carboxylic acids is 1. The topological polar surface area (TPSA) is 41.1 Å². The molecule has 3 nitrogen and oxygen atoms in total. The molecular weight excluding hydrogens is 335 g/mol. The van der Waals surface area contributed by atoms with Crippen LogP contribution >= 0.6 is 15.9 Å². The molecule has 0 fully saturated rings. The maximum absolute atomic E-state index is 13.4. The fraction of sp³-hybridized carbons (Fsp3) is 0.0625. The number of urea groups is 1. The normalized spacial score (nSPS) is 10.6. The molecule has 5 heteroatoms. The van der Waals surface area contributed by atoms with Crippen LogP contribution in [0.4, 0.5) is 9.18 Å². The van der Waals surface area contributed by atoms with Crippen LogP contribution in [0.15, 0.2) is 59.2 Å². The number of nitrogens with one attached hydrogen (secondary N) is 2. The van der Waals surface area contributed by atoms with Crippen molar-refractivity contribution in [3.05, 3.63) is 76.1 Å². The van der Waals surface area contributed by atoms with Gasteiger partial charge in [-0.2, -0.15) is 0 Å². The van der Waals surface area contributed by atoms with E-state index in [-0.39, 0.29) is 18.4 Å². The molecule has 2 N–H and O–H groups in total. The molecule has 2 aromatic carbocycles. The smallest absolute Gasteiger partial charge is 0.319 e. The maximum Gasteiger partial charge on any atom is 0.319 e. The SMILES string of the molecule is O=C(N/C=C/c1ccc(Br)cc1)NCc1ccccc1F. The molecule has 2 amide bonds. The van der Waals surface area contributed by atoms with E-state index in [9.17, 15) is 9.18 Å². The van der Waals surface area contributed by atoms with E-state index in [0.717, 1.165) is 10.0 Å². The van der Waals surface area contributed by atoms with Crippen LogP contribution in [0.1, 0.15) is 11.1 Å². The third kappa shape index (κ3) is 5.04. The zero-order valence-corrected chi connectivity index (χ0v) is 12.7. The summed E-state index contributed by atoms with van der Waals surface area (Å²) in [5.41, 5.74) is 1.41. The predicted octanol–water partition coefficient (Wildman–Crippen LogP) is 4.06. The molecule has 0 unspecified atom stereocenters. The summed E-state index contributed by atoms with van der Waals surface area (Å²) >= 11 is 3.35. The molecule has 0 spiro atoms. The van der Waals surface area contributed by atoms with Gasteiger partial charge in [-0.15, -0.1) is 0 Å². The van der Waals surface area contributed by atoms with Gasteiger partial charge < -0.3 is 10.6 Å². The second-order valence-electron chi connectivity index (χ2n) is 4.30. The first kappa shape index (κ1) is 15.3. The molecule has 0 radical (unpaired) electrons. The van der Waals surface area contributed by atoms with E-state index in [1.165, 1.54) is 6.07 Å². The van der Waals surface area contributed by atoms with Crippen molar-refractivity contribution in [2.75, 3.05) is 0 Å². The highest BCUT2D eigenvalue weighted by atomic mass is 79.9. The summed E-state index contributed by atoms with van der Waals surface area (Å²) in [5.74, 6) is -0.330. The molecule has 0 bridgehead atoms. The van der Waals surface area contributed by atoms with Gasteiger partial charge in [0.05, 0.1) is 0 Å². The van der Waals surface area contributed by atoms with Crippen molar-refractivity contribution in [2.24, 2.45) is 0 Å². The van der Waals surface area contributed by atoms with Crippen LogP contribution in [0.3, 0.4) is 0 Å². The van der Waals surface area contributed by atoms with Gasteiger partial charge >= 0.3 is 6.03 Å². The van der Waals surface area contributed by atoms with Crippen molar-refractivity contribution in [1.82, 2.24) is 10.6 Å². The summed E-state index contributed by atoms with van der Waals surface area (Å²) in [4.78, 5) is 11.6. The quantitative estimate of drug-likeness (QED) is 0.859. The molecule has 0 saturated heterocycles. The average Bonchev–Trinajstić information content (AvgIpc) is 2.48.